The molecule has 0 radical (unpaired) electrons. The first-order chi connectivity index (χ1) is 10.7. The zero-order valence-corrected chi connectivity index (χ0v) is 12.5. The SMILES string of the molecule is NC(=O)C1(O)CCCN(CCc2cccc(OC(F)(F)F)c2)C1. The second-order valence-electron chi connectivity index (χ2n) is 5.72. The Morgan fingerprint density at radius 1 is 1.43 bits per heavy atom. The van der Waals surface area contributed by atoms with E-state index in [-0.39, 0.29) is 12.3 Å². The fraction of sp³-hybridized carbons (Fsp3) is 0.533. The van der Waals surface area contributed by atoms with Crippen LogP contribution >= 0.6 is 0 Å². The zero-order chi connectivity index (χ0) is 17.1. The summed E-state index contributed by atoms with van der Waals surface area (Å²) in [6, 6.07) is 5.77. The van der Waals surface area contributed by atoms with Crippen molar-refractivity contribution in [2.75, 3.05) is 19.6 Å². The molecule has 0 saturated carbocycles. The van der Waals surface area contributed by atoms with Gasteiger partial charge < -0.3 is 15.6 Å². The highest BCUT2D eigenvalue weighted by Crippen LogP contribution is 2.24. The van der Waals surface area contributed by atoms with Gasteiger partial charge >= 0.3 is 6.36 Å². The molecule has 1 atom stereocenters. The van der Waals surface area contributed by atoms with Crippen LogP contribution in [0.3, 0.4) is 0 Å². The van der Waals surface area contributed by atoms with Crippen molar-refractivity contribution in [1.29, 1.82) is 0 Å². The maximum atomic E-state index is 12.2. The fourth-order valence-corrected chi connectivity index (χ4v) is 2.70. The van der Waals surface area contributed by atoms with Crippen molar-refractivity contribution in [1.82, 2.24) is 4.90 Å². The van der Waals surface area contributed by atoms with Crippen molar-refractivity contribution in [2.45, 2.75) is 31.2 Å². The molecule has 1 amide bonds. The quantitative estimate of drug-likeness (QED) is 0.855. The summed E-state index contributed by atoms with van der Waals surface area (Å²) >= 11 is 0. The fourth-order valence-electron chi connectivity index (χ4n) is 2.70. The molecule has 8 heteroatoms. The van der Waals surface area contributed by atoms with Gasteiger partial charge in [0, 0.05) is 13.1 Å². The Kier molecular flexibility index (Phi) is 5.16. The predicted molar refractivity (Wildman–Crippen MR) is 76.6 cm³/mol. The van der Waals surface area contributed by atoms with Crippen LogP contribution in [-0.4, -0.2) is 47.5 Å². The van der Waals surface area contributed by atoms with Crippen LogP contribution in [0.4, 0.5) is 13.2 Å². The highest BCUT2D eigenvalue weighted by Gasteiger charge is 2.38. The number of nitrogens with zero attached hydrogens (tertiary/aromatic N) is 1. The monoisotopic (exact) mass is 332 g/mol. The number of primary amides is 1. The van der Waals surface area contributed by atoms with E-state index in [1.165, 1.54) is 18.2 Å². The van der Waals surface area contributed by atoms with Crippen LogP contribution in [0.25, 0.3) is 0 Å². The number of halogens is 3. The summed E-state index contributed by atoms with van der Waals surface area (Å²) in [5.41, 5.74) is 4.36. The van der Waals surface area contributed by atoms with E-state index in [1.54, 1.807) is 6.07 Å². The van der Waals surface area contributed by atoms with E-state index in [0.29, 0.717) is 37.9 Å². The molecule has 5 nitrogen and oxygen atoms in total. The van der Waals surface area contributed by atoms with Crippen LogP contribution in [0.5, 0.6) is 5.75 Å². The van der Waals surface area contributed by atoms with E-state index in [9.17, 15) is 23.1 Å². The van der Waals surface area contributed by atoms with Gasteiger partial charge in [-0.1, -0.05) is 12.1 Å². The Bertz CT molecular complexity index is 565. The van der Waals surface area contributed by atoms with Gasteiger partial charge in [-0.3, -0.25) is 9.69 Å². The van der Waals surface area contributed by atoms with Crippen LogP contribution in [0, 0.1) is 0 Å². The van der Waals surface area contributed by atoms with Gasteiger partial charge in [0.15, 0.2) is 5.60 Å². The molecule has 0 aromatic heterocycles. The summed E-state index contributed by atoms with van der Waals surface area (Å²) in [7, 11) is 0. The summed E-state index contributed by atoms with van der Waals surface area (Å²) < 4.78 is 40.5. The number of ether oxygens (including phenoxy) is 1. The molecule has 23 heavy (non-hydrogen) atoms. The molecule has 1 aromatic carbocycles. The second kappa shape index (κ2) is 6.76. The normalized spacial score (nSPS) is 22.8. The molecule has 3 N–H and O–H groups in total. The second-order valence-corrected chi connectivity index (χ2v) is 5.72. The number of nitrogens with two attached hydrogens (primary N) is 1. The highest BCUT2D eigenvalue weighted by atomic mass is 19.4. The van der Waals surface area contributed by atoms with Crippen molar-refractivity contribution in [3.63, 3.8) is 0 Å². The molecule has 1 heterocycles. The van der Waals surface area contributed by atoms with Crippen molar-refractivity contribution in [3.8, 4) is 5.75 Å². The summed E-state index contributed by atoms with van der Waals surface area (Å²) in [6.45, 7) is 1.35. The first-order valence-corrected chi connectivity index (χ1v) is 7.27. The largest absolute Gasteiger partial charge is 0.573 e. The third-order valence-corrected chi connectivity index (χ3v) is 3.86. The van der Waals surface area contributed by atoms with Crippen molar-refractivity contribution < 1.29 is 27.8 Å². The van der Waals surface area contributed by atoms with Gasteiger partial charge in [-0.25, -0.2) is 0 Å². The van der Waals surface area contributed by atoms with E-state index in [4.69, 9.17) is 5.73 Å². The van der Waals surface area contributed by atoms with Gasteiger partial charge in [0.1, 0.15) is 5.75 Å². The summed E-state index contributed by atoms with van der Waals surface area (Å²) in [6.07, 6.45) is -3.28. The average molecular weight is 332 g/mol. The number of benzene rings is 1. The summed E-state index contributed by atoms with van der Waals surface area (Å²) in [5, 5.41) is 10.1. The first kappa shape index (κ1) is 17.6. The maximum absolute atomic E-state index is 12.2. The van der Waals surface area contributed by atoms with Gasteiger partial charge in [-0.2, -0.15) is 0 Å². The predicted octanol–water partition coefficient (Wildman–Crippen LogP) is 1.44. The topological polar surface area (TPSA) is 75.8 Å². The number of carbonyl (C=O) groups excluding carboxylic acids is 1. The summed E-state index contributed by atoms with van der Waals surface area (Å²) in [5.74, 6) is -1.01. The van der Waals surface area contributed by atoms with Crippen LogP contribution in [0.15, 0.2) is 24.3 Å². The minimum Gasteiger partial charge on any atom is -0.406 e. The number of carbonyl (C=O) groups is 1. The number of amides is 1. The molecular formula is C15H19F3N2O3. The lowest BCUT2D eigenvalue weighted by Gasteiger charge is -2.37. The number of β-amino-alcohol motifs (C(OH)–C–C–N with tert-alkyl or cyclic N) is 1. The third-order valence-electron chi connectivity index (χ3n) is 3.86. The number of hydrogen-bond donors (Lipinski definition) is 2. The number of aliphatic hydroxyl groups is 1. The first-order valence-electron chi connectivity index (χ1n) is 7.27. The van der Waals surface area contributed by atoms with E-state index in [0.717, 1.165) is 0 Å². The average Bonchev–Trinajstić information content (AvgIpc) is 2.44. The van der Waals surface area contributed by atoms with Gasteiger partial charge in [0.25, 0.3) is 5.91 Å². The maximum Gasteiger partial charge on any atom is 0.573 e. The molecule has 1 aliphatic rings. The standard InChI is InChI=1S/C15H19F3N2O3/c16-15(17,18)23-12-4-1-3-11(9-12)5-8-20-7-2-6-14(22,10-20)13(19)21/h1,3-4,9,22H,2,5-8,10H2,(H2,19,21). The van der Waals surface area contributed by atoms with Crippen molar-refractivity contribution in [3.05, 3.63) is 29.8 Å². The Labute approximate surface area is 131 Å². The minimum absolute atomic E-state index is 0.140. The van der Waals surface area contributed by atoms with E-state index in [2.05, 4.69) is 4.74 Å². The lowest BCUT2D eigenvalue weighted by molar-refractivity contribution is -0.274. The Balaban J connectivity index is 1.93. The summed E-state index contributed by atoms with van der Waals surface area (Å²) in [4.78, 5) is 13.2. The highest BCUT2D eigenvalue weighted by molar-refractivity contribution is 5.83. The van der Waals surface area contributed by atoms with Gasteiger partial charge in [-0.15, -0.1) is 13.2 Å². The van der Waals surface area contributed by atoms with Crippen molar-refractivity contribution >= 4 is 5.91 Å². The Morgan fingerprint density at radius 2 is 2.17 bits per heavy atom. The molecule has 2 rings (SSSR count). The lowest BCUT2D eigenvalue weighted by atomic mass is 9.92. The zero-order valence-electron chi connectivity index (χ0n) is 12.5. The third kappa shape index (κ3) is 5.11. The number of piperidine rings is 1. The number of alkyl halides is 3. The number of rotatable bonds is 5. The van der Waals surface area contributed by atoms with Crippen LogP contribution in [-0.2, 0) is 11.2 Å². The van der Waals surface area contributed by atoms with Crippen LogP contribution < -0.4 is 10.5 Å². The van der Waals surface area contributed by atoms with Gasteiger partial charge in [-0.05, 0) is 43.5 Å². The Hall–Kier alpha value is -1.80. The molecule has 1 aliphatic heterocycles. The van der Waals surface area contributed by atoms with Crippen LogP contribution in [0.1, 0.15) is 18.4 Å². The van der Waals surface area contributed by atoms with Gasteiger partial charge in [0.2, 0.25) is 0 Å². The molecule has 0 aliphatic carbocycles. The lowest BCUT2D eigenvalue weighted by Crippen LogP contribution is -2.56. The molecule has 0 spiro atoms. The molecule has 0 bridgehead atoms. The van der Waals surface area contributed by atoms with Crippen LogP contribution in [0.2, 0.25) is 0 Å². The minimum atomic E-state index is -4.72. The van der Waals surface area contributed by atoms with E-state index >= 15 is 0 Å². The molecule has 1 unspecified atom stereocenters. The van der Waals surface area contributed by atoms with Gasteiger partial charge in [0.05, 0.1) is 0 Å². The molecule has 1 aromatic rings. The van der Waals surface area contributed by atoms with E-state index in [1.807, 2.05) is 4.90 Å². The molecular weight excluding hydrogens is 313 g/mol. The molecule has 1 fully saturated rings. The number of likely N-dealkylation sites (tertiary alicyclic amines) is 1. The van der Waals surface area contributed by atoms with Crippen molar-refractivity contribution in [2.24, 2.45) is 5.73 Å². The smallest absolute Gasteiger partial charge is 0.406 e. The molecule has 128 valence electrons. The molecule has 1 saturated heterocycles. The van der Waals surface area contributed by atoms with E-state index < -0.39 is 17.9 Å². The number of hydrogen-bond acceptors (Lipinski definition) is 4. The Morgan fingerprint density at radius 3 is 2.83 bits per heavy atom.